The minimum atomic E-state index is -1.25. The Balaban J connectivity index is 2.56. The summed E-state index contributed by atoms with van der Waals surface area (Å²) in [6.45, 7) is 0. The van der Waals surface area contributed by atoms with Crippen molar-refractivity contribution in [2.75, 3.05) is 0 Å². The number of nitro groups is 3. The largest absolute Gasteiger partial charge is 0.423 e. The van der Waals surface area contributed by atoms with Crippen LogP contribution in [0.25, 0.3) is 11.1 Å². The number of rotatable bonds is 3. The van der Waals surface area contributed by atoms with Crippen LogP contribution in [0.4, 0.5) is 17.1 Å². The number of hydrogen-bond acceptors (Lipinski definition) is 8. The SMILES string of the molecule is O=[N+]([O-])c1cc2c(c([N+](=O)[O-])c1[N+](=O)[O-])C(=NO)c1ccccc1-2. The van der Waals surface area contributed by atoms with Gasteiger partial charge < -0.3 is 5.21 Å². The Morgan fingerprint density at radius 2 is 1.42 bits per heavy atom. The molecule has 1 aliphatic carbocycles. The lowest BCUT2D eigenvalue weighted by molar-refractivity contribution is -0.441. The molecule has 0 spiro atoms. The highest BCUT2D eigenvalue weighted by Crippen LogP contribution is 2.49. The second-order valence-electron chi connectivity index (χ2n) is 4.78. The van der Waals surface area contributed by atoms with Gasteiger partial charge in [0.15, 0.2) is 0 Å². The van der Waals surface area contributed by atoms with Crippen LogP contribution in [0.15, 0.2) is 35.5 Å². The summed E-state index contributed by atoms with van der Waals surface area (Å²) in [7, 11) is 0. The molecule has 0 saturated carbocycles. The van der Waals surface area contributed by atoms with Gasteiger partial charge in [0.05, 0.1) is 20.3 Å². The molecule has 0 bridgehead atoms. The standard InChI is InChI=1S/C13H6N4O7/c18-14-11-7-4-2-1-3-6(7)8-5-9(15(19)20)12(16(21)22)13(10(8)11)17(23)24/h1-5,18H. The van der Waals surface area contributed by atoms with Gasteiger partial charge in [0.25, 0.3) is 0 Å². The fourth-order valence-electron chi connectivity index (χ4n) is 2.76. The van der Waals surface area contributed by atoms with Gasteiger partial charge in [-0.1, -0.05) is 29.4 Å². The summed E-state index contributed by atoms with van der Waals surface area (Å²) in [5, 5.41) is 46.0. The molecule has 0 heterocycles. The van der Waals surface area contributed by atoms with Gasteiger partial charge in [-0.3, -0.25) is 30.3 Å². The van der Waals surface area contributed by atoms with E-state index in [2.05, 4.69) is 5.16 Å². The molecular weight excluding hydrogens is 324 g/mol. The first-order valence-corrected chi connectivity index (χ1v) is 6.34. The molecular formula is C13H6N4O7. The quantitative estimate of drug-likeness (QED) is 0.438. The van der Waals surface area contributed by atoms with Gasteiger partial charge in [-0.05, 0) is 5.56 Å². The number of benzene rings is 2. The fourth-order valence-corrected chi connectivity index (χ4v) is 2.76. The van der Waals surface area contributed by atoms with Crippen LogP contribution in [-0.2, 0) is 0 Å². The predicted molar refractivity (Wildman–Crippen MR) is 79.3 cm³/mol. The summed E-state index contributed by atoms with van der Waals surface area (Å²) >= 11 is 0. The molecule has 0 saturated heterocycles. The lowest BCUT2D eigenvalue weighted by atomic mass is 10.0. The van der Waals surface area contributed by atoms with Crippen LogP contribution in [0.5, 0.6) is 0 Å². The summed E-state index contributed by atoms with van der Waals surface area (Å²) in [5.74, 6) is 0. The Kier molecular flexibility index (Phi) is 3.18. The number of nitro benzene ring substituents is 3. The average molecular weight is 330 g/mol. The van der Waals surface area contributed by atoms with Gasteiger partial charge in [0, 0.05) is 17.2 Å². The van der Waals surface area contributed by atoms with Gasteiger partial charge in [0.2, 0.25) is 0 Å². The summed E-state index contributed by atoms with van der Waals surface area (Å²) in [6.07, 6.45) is 0. The Bertz CT molecular complexity index is 967. The van der Waals surface area contributed by atoms with E-state index in [0.29, 0.717) is 5.56 Å². The third-order valence-corrected chi connectivity index (χ3v) is 3.63. The Labute approximate surface area is 131 Å². The number of oxime groups is 1. The van der Waals surface area contributed by atoms with Gasteiger partial charge >= 0.3 is 17.1 Å². The van der Waals surface area contributed by atoms with Crippen molar-refractivity contribution >= 4 is 22.8 Å². The maximum Gasteiger partial charge on any atom is 0.423 e. The van der Waals surface area contributed by atoms with Crippen molar-refractivity contribution in [2.45, 2.75) is 0 Å². The predicted octanol–water partition coefficient (Wildman–Crippen LogP) is 2.62. The van der Waals surface area contributed by atoms with Crippen molar-refractivity contribution in [2.24, 2.45) is 5.16 Å². The van der Waals surface area contributed by atoms with Crippen molar-refractivity contribution < 1.29 is 20.0 Å². The van der Waals surface area contributed by atoms with Crippen LogP contribution in [0, 0.1) is 30.3 Å². The van der Waals surface area contributed by atoms with Gasteiger partial charge in [0.1, 0.15) is 5.71 Å². The van der Waals surface area contributed by atoms with Gasteiger partial charge in [-0.25, -0.2) is 0 Å². The maximum absolute atomic E-state index is 11.4. The molecule has 0 unspecified atom stereocenters. The topological polar surface area (TPSA) is 162 Å². The third-order valence-electron chi connectivity index (χ3n) is 3.63. The molecule has 2 aromatic carbocycles. The summed E-state index contributed by atoms with van der Waals surface area (Å²) in [6, 6.07) is 7.06. The normalized spacial score (nSPS) is 13.4. The van der Waals surface area contributed by atoms with Gasteiger partial charge in [-0.2, -0.15) is 0 Å². The van der Waals surface area contributed by atoms with E-state index in [0.717, 1.165) is 6.07 Å². The highest BCUT2D eigenvalue weighted by atomic mass is 16.6. The van der Waals surface area contributed by atoms with E-state index >= 15 is 0 Å². The minimum absolute atomic E-state index is 0.0300. The molecule has 3 rings (SSSR count). The average Bonchev–Trinajstić information content (AvgIpc) is 2.86. The highest BCUT2D eigenvalue weighted by molar-refractivity contribution is 6.27. The molecule has 1 aliphatic rings. The zero-order chi connectivity index (χ0) is 17.6. The highest BCUT2D eigenvalue weighted by Gasteiger charge is 2.45. The van der Waals surface area contributed by atoms with Crippen molar-refractivity contribution in [1.82, 2.24) is 0 Å². The maximum atomic E-state index is 11.4. The summed E-state index contributed by atoms with van der Waals surface area (Å²) < 4.78 is 0. The van der Waals surface area contributed by atoms with E-state index in [1.54, 1.807) is 12.1 Å². The van der Waals surface area contributed by atoms with Crippen molar-refractivity contribution in [3.8, 4) is 11.1 Å². The van der Waals surface area contributed by atoms with E-state index in [1.807, 2.05) is 0 Å². The molecule has 0 amide bonds. The molecule has 24 heavy (non-hydrogen) atoms. The Morgan fingerprint density at radius 1 is 0.833 bits per heavy atom. The minimum Gasteiger partial charge on any atom is -0.410 e. The van der Waals surface area contributed by atoms with Crippen LogP contribution >= 0.6 is 0 Å². The molecule has 120 valence electrons. The van der Waals surface area contributed by atoms with E-state index < -0.39 is 31.8 Å². The van der Waals surface area contributed by atoms with E-state index in [1.165, 1.54) is 12.1 Å². The zero-order valence-corrected chi connectivity index (χ0v) is 11.6. The molecule has 0 aliphatic heterocycles. The smallest absolute Gasteiger partial charge is 0.410 e. The van der Waals surface area contributed by atoms with Crippen LogP contribution < -0.4 is 0 Å². The molecule has 0 atom stereocenters. The third kappa shape index (κ3) is 1.88. The molecule has 0 aromatic heterocycles. The van der Waals surface area contributed by atoms with Crippen molar-refractivity contribution in [3.05, 3.63) is 71.8 Å². The van der Waals surface area contributed by atoms with Crippen LogP contribution in [0.3, 0.4) is 0 Å². The van der Waals surface area contributed by atoms with E-state index in [4.69, 9.17) is 0 Å². The van der Waals surface area contributed by atoms with E-state index in [9.17, 15) is 35.6 Å². The molecule has 11 nitrogen and oxygen atoms in total. The number of hydrogen-bond donors (Lipinski definition) is 1. The molecule has 2 aromatic rings. The van der Waals surface area contributed by atoms with Crippen molar-refractivity contribution in [1.29, 1.82) is 0 Å². The number of nitrogens with zero attached hydrogens (tertiary/aromatic N) is 4. The van der Waals surface area contributed by atoms with Crippen LogP contribution in [0.1, 0.15) is 11.1 Å². The zero-order valence-electron chi connectivity index (χ0n) is 11.6. The summed E-state index contributed by atoms with van der Waals surface area (Å²) in [4.78, 5) is 30.5. The molecule has 0 fully saturated rings. The first kappa shape index (κ1) is 15.0. The first-order chi connectivity index (χ1) is 11.4. The second kappa shape index (κ2) is 5.08. The molecule has 0 radical (unpaired) electrons. The fraction of sp³-hybridized carbons (Fsp3) is 0. The molecule has 11 heteroatoms. The Hall–Kier alpha value is -3.89. The lowest BCUT2D eigenvalue weighted by Gasteiger charge is -2.03. The lowest BCUT2D eigenvalue weighted by Crippen LogP contribution is -2.08. The van der Waals surface area contributed by atoms with Crippen LogP contribution in [-0.4, -0.2) is 25.7 Å². The van der Waals surface area contributed by atoms with Crippen LogP contribution in [0.2, 0.25) is 0 Å². The molecule has 1 N–H and O–H groups in total. The monoisotopic (exact) mass is 330 g/mol. The van der Waals surface area contributed by atoms with Gasteiger partial charge in [-0.15, -0.1) is 0 Å². The van der Waals surface area contributed by atoms with Crippen molar-refractivity contribution in [3.63, 3.8) is 0 Å². The number of fused-ring (bicyclic) bond motifs is 3. The first-order valence-electron chi connectivity index (χ1n) is 6.34. The Morgan fingerprint density at radius 3 is 1.92 bits per heavy atom. The van der Waals surface area contributed by atoms with E-state index in [-0.39, 0.29) is 22.4 Å². The second-order valence-corrected chi connectivity index (χ2v) is 4.78. The summed E-state index contributed by atoms with van der Waals surface area (Å²) in [5.41, 5.74) is -3.23.